The van der Waals surface area contributed by atoms with Gasteiger partial charge in [-0.15, -0.1) is 10.2 Å². The second kappa shape index (κ2) is 7.55. The van der Waals surface area contributed by atoms with E-state index in [9.17, 15) is 0 Å². The lowest BCUT2D eigenvalue weighted by atomic mass is 10.3. The average Bonchev–Trinajstić information content (AvgIpc) is 3.07. The summed E-state index contributed by atoms with van der Waals surface area (Å²) in [6, 6.07) is 2.07. The Bertz CT molecular complexity index is 736. The highest BCUT2D eigenvalue weighted by Gasteiger charge is 2.22. The van der Waals surface area contributed by atoms with Crippen molar-refractivity contribution in [2.75, 3.05) is 62.3 Å². The largest absolute Gasteiger partial charge is 0.424 e. The number of aryl methyl sites for hydroxylation is 2. The molecule has 0 amide bonds. The van der Waals surface area contributed by atoms with E-state index in [-0.39, 0.29) is 0 Å². The van der Waals surface area contributed by atoms with Gasteiger partial charge in [0, 0.05) is 58.0 Å². The zero-order valence-corrected chi connectivity index (χ0v) is 15.4. The Hall–Kier alpha value is -2.26. The molecule has 0 unspecified atom stereocenters. The number of piperazine rings is 1. The van der Waals surface area contributed by atoms with E-state index in [2.05, 4.69) is 35.9 Å². The molecule has 4 rings (SSSR count). The fraction of sp³-hybridized carbons (Fsp3) is 0.647. The maximum atomic E-state index is 5.48. The number of anilines is 2. The van der Waals surface area contributed by atoms with Gasteiger partial charge >= 0.3 is 0 Å². The molecule has 9 heteroatoms. The summed E-state index contributed by atoms with van der Waals surface area (Å²) in [5.41, 5.74) is 1.00. The Balaban J connectivity index is 1.39. The zero-order chi connectivity index (χ0) is 17.9. The van der Waals surface area contributed by atoms with Crippen LogP contribution in [0.25, 0.3) is 0 Å². The lowest BCUT2D eigenvalue weighted by Crippen LogP contribution is -2.46. The number of nitrogens with zero attached hydrogens (tertiary/aromatic N) is 7. The molecule has 0 aromatic carbocycles. The minimum Gasteiger partial charge on any atom is -0.424 e. The van der Waals surface area contributed by atoms with Crippen molar-refractivity contribution in [2.45, 2.75) is 20.4 Å². The number of rotatable bonds is 4. The van der Waals surface area contributed by atoms with Crippen molar-refractivity contribution in [1.82, 2.24) is 25.1 Å². The van der Waals surface area contributed by atoms with E-state index in [0.717, 1.165) is 69.9 Å². The molecule has 26 heavy (non-hydrogen) atoms. The van der Waals surface area contributed by atoms with Gasteiger partial charge < -0.3 is 19.0 Å². The summed E-state index contributed by atoms with van der Waals surface area (Å²) in [5, 5.41) is 7.98. The van der Waals surface area contributed by atoms with Crippen LogP contribution in [0.4, 0.5) is 11.8 Å². The van der Waals surface area contributed by atoms with Crippen LogP contribution in [0.5, 0.6) is 0 Å². The molecule has 0 atom stereocenters. The minimum absolute atomic E-state index is 0.616. The van der Waals surface area contributed by atoms with E-state index in [1.165, 1.54) is 0 Å². The Morgan fingerprint density at radius 3 is 2.38 bits per heavy atom. The topological polar surface area (TPSA) is 83.7 Å². The number of aromatic nitrogens is 4. The summed E-state index contributed by atoms with van der Waals surface area (Å²) in [6.07, 6.45) is 0. The fourth-order valence-electron chi connectivity index (χ4n) is 3.33. The lowest BCUT2D eigenvalue weighted by Gasteiger charge is -2.35. The van der Waals surface area contributed by atoms with E-state index in [1.54, 1.807) is 0 Å². The van der Waals surface area contributed by atoms with Gasteiger partial charge in [0.25, 0.3) is 0 Å². The van der Waals surface area contributed by atoms with Crippen molar-refractivity contribution in [2.24, 2.45) is 0 Å². The van der Waals surface area contributed by atoms with Gasteiger partial charge in [-0.05, 0) is 6.92 Å². The number of ether oxygens (including phenoxy) is 1. The summed E-state index contributed by atoms with van der Waals surface area (Å²) >= 11 is 0. The molecule has 0 saturated carbocycles. The van der Waals surface area contributed by atoms with E-state index >= 15 is 0 Å². The number of hydrogen-bond acceptors (Lipinski definition) is 9. The quantitative estimate of drug-likeness (QED) is 0.780. The third-order valence-corrected chi connectivity index (χ3v) is 4.75. The molecule has 9 nitrogen and oxygen atoms in total. The minimum atomic E-state index is 0.616. The standard InChI is InChI=1S/C17H25N7O2/c1-13-11-15(19-17(18-13)24-7-9-25-10-8-24)23-5-3-22(4-6-23)12-16-21-20-14(2)26-16/h11H,3-10,12H2,1-2H3. The smallest absolute Gasteiger partial charge is 0.230 e. The molecular formula is C17H25N7O2. The van der Waals surface area contributed by atoms with E-state index < -0.39 is 0 Å². The van der Waals surface area contributed by atoms with Crippen LogP contribution in [0.1, 0.15) is 17.5 Å². The van der Waals surface area contributed by atoms with Gasteiger partial charge in [0.1, 0.15) is 5.82 Å². The SMILES string of the molecule is Cc1cc(N2CCN(Cc3nnc(C)o3)CC2)nc(N2CCOCC2)n1. The molecule has 0 N–H and O–H groups in total. The Kier molecular flexibility index (Phi) is 4.98. The lowest BCUT2D eigenvalue weighted by molar-refractivity contribution is 0.122. The molecule has 2 saturated heterocycles. The van der Waals surface area contributed by atoms with Crippen molar-refractivity contribution in [1.29, 1.82) is 0 Å². The predicted molar refractivity (Wildman–Crippen MR) is 96.3 cm³/mol. The van der Waals surface area contributed by atoms with Gasteiger partial charge in [0.05, 0.1) is 19.8 Å². The van der Waals surface area contributed by atoms with Crippen molar-refractivity contribution in [3.63, 3.8) is 0 Å². The maximum Gasteiger partial charge on any atom is 0.230 e. The van der Waals surface area contributed by atoms with Crippen molar-refractivity contribution < 1.29 is 9.15 Å². The van der Waals surface area contributed by atoms with Gasteiger partial charge in [-0.25, -0.2) is 4.98 Å². The Labute approximate surface area is 153 Å². The monoisotopic (exact) mass is 359 g/mol. The highest BCUT2D eigenvalue weighted by atomic mass is 16.5. The van der Waals surface area contributed by atoms with Gasteiger partial charge in [-0.2, -0.15) is 4.98 Å². The van der Waals surface area contributed by atoms with Crippen LogP contribution in [0, 0.1) is 13.8 Å². The van der Waals surface area contributed by atoms with Gasteiger partial charge in [-0.3, -0.25) is 4.90 Å². The second-order valence-corrected chi connectivity index (χ2v) is 6.74. The third kappa shape index (κ3) is 3.94. The first kappa shape index (κ1) is 17.2. The number of morpholine rings is 1. The molecule has 2 fully saturated rings. The highest BCUT2D eigenvalue weighted by Crippen LogP contribution is 2.20. The molecule has 0 spiro atoms. The molecule has 2 aliphatic heterocycles. The highest BCUT2D eigenvalue weighted by molar-refractivity contribution is 5.46. The van der Waals surface area contributed by atoms with Crippen molar-refractivity contribution in [3.8, 4) is 0 Å². The van der Waals surface area contributed by atoms with E-state index in [1.807, 2.05) is 13.8 Å². The Morgan fingerprint density at radius 2 is 1.69 bits per heavy atom. The molecule has 2 aliphatic rings. The molecule has 0 aliphatic carbocycles. The molecule has 0 radical (unpaired) electrons. The molecule has 2 aromatic heterocycles. The maximum absolute atomic E-state index is 5.48. The first-order valence-corrected chi connectivity index (χ1v) is 9.12. The zero-order valence-electron chi connectivity index (χ0n) is 15.4. The average molecular weight is 359 g/mol. The molecule has 140 valence electrons. The summed E-state index contributed by atoms with van der Waals surface area (Å²) in [5.74, 6) is 3.12. The second-order valence-electron chi connectivity index (χ2n) is 6.74. The first-order valence-electron chi connectivity index (χ1n) is 9.12. The van der Waals surface area contributed by atoms with Crippen molar-refractivity contribution in [3.05, 3.63) is 23.5 Å². The summed E-state index contributed by atoms with van der Waals surface area (Å²) in [7, 11) is 0. The van der Waals surface area contributed by atoms with Gasteiger partial charge in [-0.1, -0.05) is 0 Å². The van der Waals surface area contributed by atoms with E-state index in [0.29, 0.717) is 18.3 Å². The van der Waals surface area contributed by atoms with Gasteiger partial charge in [0.2, 0.25) is 17.7 Å². The molecule has 4 heterocycles. The fourth-order valence-corrected chi connectivity index (χ4v) is 3.33. The molecular weight excluding hydrogens is 334 g/mol. The van der Waals surface area contributed by atoms with Crippen LogP contribution in [0.3, 0.4) is 0 Å². The number of hydrogen-bond donors (Lipinski definition) is 0. The summed E-state index contributed by atoms with van der Waals surface area (Å²) < 4.78 is 10.9. The molecule has 2 aromatic rings. The van der Waals surface area contributed by atoms with Crippen LogP contribution < -0.4 is 9.80 Å². The van der Waals surface area contributed by atoms with E-state index in [4.69, 9.17) is 14.1 Å². The normalized spacial score (nSPS) is 19.2. The van der Waals surface area contributed by atoms with Crippen molar-refractivity contribution >= 4 is 11.8 Å². The Morgan fingerprint density at radius 1 is 0.923 bits per heavy atom. The van der Waals surface area contributed by atoms with Crippen LogP contribution in [-0.2, 0) is 11.3 Å². The third-order valence-electron chi connectivity index (χ3n) is 4.75. The molecule has 0 bridgehead atoms. The summed E-state index contributed by atoms with van der Waals surface area (Å²) in [6.45, 7) is 11.5. The van der Waals surface area contributed by atoms with Crippen LogP contribution in [-0.4, -0.2) is 77.5 Å². The van der Waals surface area contributed by atoms with Crippen LogP contribution >= 0.6 is 0 Å². The summed E-state index contributed by atoms with van der Waals surface area (Å²) in [4.78, 5) is 16.3. The predicted octanol–water partition coefficient (Wildman–Crippen LogP) is 0.635. The van der Waals surface area contributed by atoms with Crippen LogP contribution in [0.15, 0.2) is 10.5 Å². The van der Waals surface area contributed by atoms with Crippen LogP contribution in [0.2, 0.25) is 0 Å². The first-order chi connectivity index (χ1) is 12.7. The van der Waals surface area contributed by atoms with Gasteiger partial charge in [0.15, 0.2) is 0 Å².